The maximum atomic E-state index is 12.2. The van der Waals surface area contributed by atoms with Crippen LogP contribution in [0.15, 0.2) is 35.7 Å². The maximum absolute atomic E-state index is 12.2. The third-order valence-corrected chi connectivity index (χ3v) is 5.47. The zero-order valence-corrected chi connectivity index (χ0v) is 18.8. The molecule has 0 saturated carbocycles. The molecule has 134 valence electrons. The van der Waals surface area contributed by atoms with Gasteiger partial charge in [0.15, 0.2) is 5.11 Å². The number of anilines is 1. The molecule has 0 spiro atoms. The Morgan fingerprint density at radius 2 is 2.00 bits per heavy atom. The van der Waals surface area contributed by atoms with Gasteiger partial charge < -0.3 is 16.0 Å². The molecule has 1 atom stereocenters. The van der Waals surface area contributed by atoms with Crippen molar-refractivity contribution in [3.8, 4) is 0 Å². The van der Waals surface area contributed by atoms with Gasteiger partial charge in [0, 0.05) is 9.26 Å². The van der Waals surface area contributed by atoms with Crippen LogP contribution in [0.5, 0.6) is 0 Å². The molecule has 2 aromatic rings. The summed E-state index contributed by atoms with van der Waals surface area (Å²) in [5.74, 6) is -0.355. The van der Waals surface area contributed by atoms with Crippen molar-refractivity contribution in [2.75, 3.05) is 5.32 Å². The zero-order valence-electron chi connectivity index (χ0n) is 12.8. The highest BCUT2D eigenvalue weighted by Gasteiger charge is 2.35. The fourth-order valence-corrected chi connectivity index (χ4v) is 3.70. The Labute approximate surface area is 183 Å². The van der Waals surface area contributed by atoms with E-state index in [1.54, 1.807) is 17.5 Å². The number of hydrogen-bond acceptors (Lipinski definition) is 3. The van der Waals surface area contributed by atoms with E-state index in [0.717, 1.165) is 14.8 Å². The van der Waals surface area contributed by atoms with Gasteiger partial charge in [0.2, 0.25) is 3.79 Å². The molecule has 3 N–H and O–H groups in total. The molecule has 1 unspecified atom stereocenters. The third kappa shape index (κ3) is 6.41. The first-order chi connectivity index (χ1) is 11.7. The van der Waals surface area contributed by atoms with Crippen molar-refractivity contribution in [3.05, 3.63) is 49.7 Å². The first-order valence-electron chi connectivity index (χ1n) is 6.91. The standard InChI is InChI=1S/C15H13Cl3IN3OS2/c1-8-7-9(19)4-5-10(8)20-14(24)22-13(15(16,17)18)21-12(23)11-3-2-6-25-11/h2-7,13H,1H3,(H,21,23)(H2,20,22,24). The number of nitrogens with one attached hydrogen (secondary N) is 3. The van der Waals surface area contributed by atoms with Gasteiger partial charge in [0.05, 0.1) is 4.88 Å². The van der Waals surface area contributed by atoms with Crippen LogP contribution in [0.1, 0.15) is 15.2 Å². The van der Waals surface area contributed by atoms with E-state index >= 15 is 0 Å². The molecule has 0 aliphatic heterocycles. The lowest BCUT2D eigenvalue weighted by atomic mass is 10.2. The van der Waals surface area contributed by atoms with Crippen LogP contribution in [-0.4, -0.2) is 21.0 Å². The fraction of sp³-hybridized carbons (Fsp3) is 0.200. The number of amides is 1. The number of rotatable bonds is 4. The second-order valence-electron chi connectivity index (χ2n) is 4.98. The Morgan fingerprint density at radius 1 is 1.28 bits per heavy atom. The Hall–Kier alpha value is -0.320. The first-order valence-corrected chi connectivity index (χ1v) is 10.4. The molecule has 1 aromatic heterocycles. The van der Waals surface area contributed by atoms with Crippen LogP contribution in [0.4, 0.5) is 5.69 Å². The molecule has 2 rings (SSSR count). The van der Waals surface area contributed by atoms with Gasteiger partial charge in [-0.25, -0.2) is 0 Å². The molecule has 0 aliphatic rings. The maximum Gasteiger partial charge on any atom is 0.263 e. The number of carbonyl (C=O) groups is 1. The Balaban J connectivity index is 2.06. The lowest BCUT2D eigenvalue weighted by molar-refractivity contribution is 0.0938. The molecule has 1 amide bonds. The smallest absolute Gasteiger partial charge is 0.263 e. The van der Waals surface area contributed by atoms with Crippen molar-refractivity contribution in [3.63, 3.8) is 0 Å². The van der Waals surface area contributed by atoms with E-state index in [9.17, 15) is 4.79 Å². The molecular formula is C15H13Cl3IN3OS2. The SMILES string of the molecule is Cc1cc(I)ccc1NC(=S)NC(NC(=O)c1cccs1)C(Cl)(Cl)Cl. The topological polar surface area (TPSA) is 53.2 Å². The second-order valence-corrected chi connectivity index (χ2v) is 9.95. The number of thiocarbonyl (C=S) groups is 1. The molecule has 1 aromatic carbocycles. The average molecular weight is 549 g/mol. The van der Waals surface area contributed by atoms with Crippen molar-refractivity contribution in [2.24, 2.45) is 0 Å². The Kier molecular flexibility index (Phi) is 7.60. The summed E-state index contributed by atoms with van der Waals surface area (Å²) < 4.78 is -0.679. The van der Waals surface area contributed by atoms with E-state index in [4.69, 9.17) is 47.0 Å². The summed E-state index contributed by atoms with van der Waals surface area (Å²) in [5.41, 5.74) is 1.84. The predicted molar refractivity (Wildman–Crippen MR) is 119 cm³/mol. The van der Waals surface area contributed by atoms with E-state index in [-0.39, 0.29) is 11.0 Å². The highest BCUT2D eigenvalue weighted by Crippen LogP contribution is 2.29. The molecule has 0 bridgehead atoms. The van der Waals surface area contributed by atoms with E-state index in [1.165, 1.54) is 11.3 Å². The summed E-state index contributed by atoms with van der Waals surface area (Å²) >= 11 is 26.7. The molecule has 25 heavy (non-hydrogen) atoms. The van der Waals surface area contributed by atoms with Crippen LogP contribution >= 0.6 is 80.9 Å². The summed E-state index contributed by atoms with van der Waals surface area (Å²) in [6.07, 6.45) is -1.00. The minimum atomic E-state index is -1.79. The van der Waals surface area contributed by atoms with E-state index in [0.29, 0.717) is 4.88 Å². The number of aryl methyl sites for hydroxylation is 1. The minimum absolute atomic E-state index is 0.229. The van der Waals surface area contributed by atoms with Gasteiger partial charge >= 0.3 is 0 Å². The monoisotopic (exact) mass is 547 g/mol. The Morgan fingerprint density at radius 3 is 2.56 bits per heavy atom. The molecule has 10 heteroatoms. The molecular weight excluding hydrogens is 536 g/mol. The van der Waals surface area contributed by atoms with Crippen LogP contribution in [0.3, 0.4) is 0 Å². The lowest BCUT2D eigenvalue weighted by Crippen LogP contribution is -2.56. The van der Waals surface area contributed by atoms with Gasteiger partial charge in [-0.15, -0.1) is 11.3 Å². The number of halogens is 4. The second kappa shape index (κ2) is 9.05. The van der Waals surface area contributed by atoms with Gasteiger partial charge in [0.25, 0.3) is 5.91 Å². The number of thiophene rings is 1. The van der Waals surface area contributed by atoms with Crippen LogP contribution < -0.4 is 16.0 Å². The van der Waals surface area contributed by atoms with Crippen molar-refractivity contribution in [1.29, 1.82) is 0 Å². The molecule has 0 aliphatic carbocycles. The van der Waals surface area contributed by atoms with E-state index < -0.39 is 9.96 Å². The lowest BCUT2D eigenvalue weighted by Gasteiger charge is -2.27. The van der Waals surface area contributed by atoms with E-state index in [2.05, 4.69) is 38.5 Å². The minimum Gasteiger partial charge on any atom is -0.339 e. The number of alkyl halides is 3. The number of carbonyl (C=O) groups excluding carboxylic acids is 1. The van der Waals surface area contributed by atoms with Gasteiger partial charge in [-0.1, -0.05) is 40.9 Å². The summed E-state index contributed by atoms with van der Waals surface area (Å²) in [6.45, 7) is 1.96. The molecule has 4 nitrogen and oxygen atoms in total. The fourth-order valence-electron chi connectivity index (χ4n) is 1.87. The quantitative estimate of drug-likeness (QED) is 0.216. The van der Waals surface area contributed by atoms with Crippen molar-refractivity contribution in [2.45, 2.75) is 16.9 Å². The highest BCUT2D eigenvalue weighted by atomic mass is 127. The van der Waals surface area contributed by atoms with Gasteiger partial charge in [-0.05, 0) is 76.9 Å². The van der Waals surface area contributed by atoms with Crippen LogP contribution in [-0.2, 0) is 0 Å². The predicted octanol–water partition coefficient (Wildman–Crippen LogP) is 5.07. The van der Waals surface area contributed by atoms with Crippen LogP contribution in [0.25, 0.3) is 0 Å². The third-order valence-electron chi connectivity index (χ3n) is 3.06. The molecule has 0 saturated heterocycles. The average Bonchev–Trinajstić information content (AvgIpc) is 3.03. The molecule has 0 radical (unpaired) electrons. The summed E-state index contributed by atoms with van der Waals surface area (Å²) in [6, 6.07) is 9.31. The summed E-state index contributed by atoms with van der Waals surface area (Å²) in [4.78, 5) is 12.7. The van der Waals surface area contributed by atoms with Crippen LogP contribution in [0, 0.1) is 10.5 Å². The van der Waals surface area contributed by atoms with E-state index in [1.807, 2.05) is 25.1 Å². The Bertz CT molecular complexity index is 766. The van der Waals surface area contributed by atoms with Gasteiger partial charge in [-0.3, -0.25) is 4.79 Å². The summed E-state index contributed by atoms with van der Waals surface area (Å²) in [7, 11) is 0. The van der Waals surface area contributed by atoms with Crippen molar-refractivity contribution >= 4 is 97.7 Å². The number of benzene rings is 1. The first kappa shape index (κ1) is 21.0. The molecule has 1 heterocycles. The highest BCUT2D eigenvalue weighted by molar-refractivity contribution is 14.1. The molecule has 0 fully saturated rings. The van der Waals surface area contributed by atoms with Gasteiger partial charge in [0.1, 0.15) is 6.17 Å². The van der Waals surface area contributed by atoms with Crippen LogP contribution in [0.2, 0.25) is 0 Å². The van der Waals surface area contributed by atoms with Gasteiger partial charge in [-0.2, -0.15) is 0 Å². The van der Waals surface area contributed by atoms with Crippen molar-refractivity contribution < 1.29 is 4.79 Å². The normalized spacial score (nSPS) is 12.4. The number of hydrogen-bond donors (Lipinski definition) is 3. The largest absolute Gasteiger partial charge is 0.339 e. The summed E-state index contributed by atoms with van der Waals surface area (Å²) in [5, 5.41) is 10.5. The zero-order chi connectivity index (χ0) is 18.6. The van der Waals surface area contributed by atoms with Crippen molar-refractivity contribution in [1.82, 2.24) is 10.6 Å².